The first-order valence-corrected chi connectivity index (χ1v) is 8.54. The van der Waals surface area contributed by atoms with Crippen LogP contribution >= 0.6 is 12.2 Å². The maximum Gasteiger partial charge on any atom is 0.167 e. The summed E-state index contributed by atoms with van der Waals surface area (Å²) >= 11 is 5.47. The van der Waals surface area contributed by atoms with Gasteiger partial charge in [-0.05, 0) is 20.8 Å². The molecule has 0 spiro atoms. The van der Waals surface area contributed by atoms with Gasteiger partial charge < -0.3 is 25.3 Å². The van der Waals surface area contributed by atoms with Crippen LogP contribution in [0.25, 0.3) is 11.2 Å². The quantitative estimate of drug-likeness (QED) is 0.763. The van der Waals surface area contributed by atoms with Crippen molar-refractivity contribution in [3.05, 3.63) is 12.7 Å². The zero-order valence-electron chi connectivity index (χ0n) is 14.2. The molecule has 10 heteroatoms. The monoisotopic (exact) mass is 364 g/mol. The molecule has 134 valence electrons. The lowest BCUT2D eigenvalue weighted by atomic mass is 10.1. The molecule has 4 atom stereocenters. The molecule has 2 aliphatic rings. The molecule has 0 amide bonds. The third-order valence-electron chi connectivity index (χ3n) is 4.30. The number of aromatic nitrogens is 4. The van der Waals surface area contributed by atoms with Crippen LogP contribution in [0.4, 0.5) is 5.82 Å². The van der Waals surface area contributed by atoms with E-state index in [0.29, 0.717) is 28.5 Å². The largest absolute Gasteiger partial charge is 0.382 e. The summed E-state index contributed by atoms with van der Waals surface area (Å²) in [5.41, 5.74) is 6.99. The standard InChI is InChI=1S/C15H20N6O3S/c1-4-17-13(25)9-8-10(24-15(2,3)23-8)14(22-9)21-6-20-7-11(16)18-5-19-12(7)21/h5-6,8-10,14H,4H2,1-3H3,(H,17,25)(H2,16,18,19)/t8-,9+,10-,14-/m1/s1. The predicted octanol–water partition coefficient (Wildman–Crippen LogP) is 0.763. The van der Waals surface area contributed by atoms with Gasteiger partial charge in [-0.2, -0.15) is 0 Å². The number of anilines is 1. The molecule has 2 aromatic heterocycles. The average Bonchev–Trinajstić information content (AvgIpc) is 3.18. The van der Waals surface area contributed by atoms with Gasteiger partial charge in [-0.3, -0.25) is 4.57 Å². The Morgan fingerprint density at radius 1 is 1.32 bits per heavy atom. The van der Waals surface area contributed by atoms with E-state index in [2.05, 4.69) is 20.3 Å². The Kier molecular flexibility index (Phi) is 3.87. The summed E-state index contributed by atoms with van der Waals surface area (Å²) in [5.74, 6) is -0.399. The minimum absolute atomic E-state index is 0.316. The van der Waals surface area contributed by atoms with Crippen LogP contribution in [0, 0.1) is 0 Å². The molecule has 0 unspecified atom stereocenters. The minimum atomic E-state index is -0.720. The molecule has 3 N–H and O–H groups in total. The number of hydrogen-bond acceptors (Lipinski definition) is 8. The number of fused-ring (bicyclic) bond motifs is 2. The van der Waals surface area contributed by atoms with Crippen molar-refractivity contribution in [2.75, 3.05) is 12.3 Å². The summed E-state index contributed by atoms with van der Waals surface area (Å²) in [6, 6.07) is 0. The number of likely N-dealkylation sites (N-methyl/N-ethyl adjacent to an activating group) is 1. The van der Waals surface area contributed by atoms with Gasteiger partial charge in [0, 0.05) is 6.54 Å². The van der Waals surface area contributed by atoms with Crippen LogP contribution in [-0.2, 0) is 14.2 Å². The van der Waals surface area contributed by atoms with Gasteiger partial charge in [0.1, 0.15) is 35.1 Å². The van der Waals surface area contributed by atoms with Crippen molar-refractivity contribution in [3.8, 4) is 0 Å². The molecule has 0 saturated carbocycles. The molecule has 2 saturated heterocycles. The minimum Gasteiger partial charge on any atom is -0.382 e. The first-order chi connectivity index (χ1) is 11.9. The van der Waals surface area contributed by atoms with Crippen molar-refractivity contribution in [1.29, 1.82) is 0 Å². The molecular weight excluding hydrogens is 344 g/mol. The van der Waals surface area contributed by atoms with Gasteiger partial charge in [0.25, 0.3) is 0 Å². The van der Waals surface area contributed by atoms with E-state index in [-0.39, 0.29) is 12.2 Å². The van der Waals surface area contributed by atoms with Gasteiger partial charge in [-0.25, -0.2) is 15.0 Å². The summed E-state index contributed by atoms with van der Waals surface area (Å²) in [6.07, 6.45) is 1.48. The third kappa shape index (κ3) is 2.65. The fourth-order valence-corrected chi connectivity index (χ4v) is 3.68. The maximum absolute atomic E-state index is 6.20. The fourth-order valence-electron chi connectivity index (χ4n) is 3.34. The Hall–Kier alpha value is -1.88. The smallest absolute Gasteiger partial charge is 0.167 e. The van der Waals surface area contributed by atoms with Crippen LogP contribution in [-0.4, -0.2) is 55.2 Å². The van der Waals surface area contributed by atoms with Crippen molar-refractivity contribution in [1.82, 2.24) is 24.8 Å². The number of nitrogens with one attached hydrogen (secondary N) is 1. The second-order valence-corrected chi connectivity index (χ2v) is 6.93. The fraction of sp³-hybridized carbons (Fsp3) is 0.600. The highest BCUT2D eigenvalue weighted by molar-refractivity contribution is 7.80. The molecule has 4 heterocycles. The van der Waals surface area contributed by atoms with E-state index in [1.807, 2.05) is 20.8 Å². The van der Waals surface area contributed by atoms with E-state index in [1.165, 1.54) is 6.33 Å². The highest BCUT2D eigenvalue weighted by Crippen LogP contribution is 2.44. The van der Waals surface area contributed by atoms with Crippen molar-refractivity contribution >= 4 is 34.2 Å². The number of imidazole rings is 1. The molecule has 0 aliphatic carbocycles. The van der Waals surface area contributed by atoms with Gasteiger partial charge in [0.05, 0.1) is 6.33 Å². The Labute approximate surface area is 149 Å². The van der Waals surface area contributed by atoms with E-state index in [4.69, 9.17) is 32.2 Å². The predicted molar refractivity (Wildman–Crippen MR) is 93.7 cm³/mol. The van der Waals surface area contributed by atoms with E-state index in [1.54, 1.807) is 10.9 Å². The molecule has 2 fully saturated rings. The van der Waals surface area contributed by atoms with Crippen molar-refractivity contribution in [3.63, 3.8) is 0 Å². The van der Waals surface area contributed by atoms with E-state index < -0.39 is 18.1 Å². The Morgan fingerprint density at radius 3 is 2.84 bits per heavy atom. The van der Waals surface area contributed by atoms with E-state index >= 15 is 0 Å². The van der Waals surface area contributed by atoms with Gasteiger partial charge in [-0.1, -0.05) is 12.2 Å². The lowest BCUT2D eigenvalue weighted by Gasteiger charge is -2.25. The summed E-state index contributed by atoms with van der Waals surface area (Å²) < 4.78 is 20.1. The summed E-state index contributed by atoms with van der Waals surface area (Å²) in [6.45, 7) is 6.45. The summed E-state index contributed by atoms with van der Waals surface area (Å²) in [4.78, 5) is 13.2. The van der Waals surface area contributed by atoms with Crippen molar-refractivity contribution < 1.29 is 14.2 Å². The zero-order chi connectivity index (χ0) is 17.8. The first-order valence-electron chi connectivity index (χ1n) is 8.13. The van der Waals surface area contributed by atoms with E-state index in [0.717, 1.165) is 0 Å². The van der Waals surface area contributed by atoms with Crippen LogP contribution in [0.5, 0.6) is 0 Å². The first kappa shape index (κ1) is 16.6. The average molecular weight is 364 g/mol. The van der Waals surface area contributed by atoms with E-state index in [9.17, 15) is 0 Å². The molecule has 25 heavy (non-hydrogen) atoms. The second kappa shape index (κ2) is 5.84. The number of nitrogens with two attached hydrogens (primary N) is 1. The van der Waals surface area contributed by atoms with Gasteiger partial charge in [0.2, 0.25) is 0 Å². The number of nitrogen functional groups attached to an aromatic ring is 1. The molecule has 9 nitrogen and oxygen atoms in total. The van der Waals surface area contributed by atoms with Crippen molar-refractivity contribution in [2.24, 2.45) is 0 Å². The number of hydrogen-bond donors (Lipinski definition) is 2. The Bertz CT molecular complexity index is 825. The highest BCUT2D eigenvalue weighted by Gasteiger charge is 2.57. The SMILES string of the molecule is CCNC(=S)[C@H]1O[C@@H](n2cnc3c(N)ncnc32)[C@@H]2OC(C)(C)O[C@@H]21. The molecule has 0 bridgehead atoms. The topological polar surface area (TPSA) is 109 Å². The highest BCUT2D eigenvalue weighted by atomic mass is 32.1. The van der Waals surface area contributed by atoms with Crippen LogP contribution in [0.15, 0.2) is 12.7 Å². The number of thiocarbonyl (C=S) groups is 1. The second-order valence-electron chi connectivity index (χ2n) is 6.49. The molecule has 0 radical (unpaired) electrons. The zero-order valence-corrected chi connectivity index (χ0v) is 15.0. The number of ether oxygens (including phenoxy) is 3. The third-order valence-corrected chi connectivity index (χ3v) is 4.68. The molecular formula is C15H20N6O3S. The molecule has 2 aromatic rings. The van der Waals surface area contributed by atoms with Crippen LogP contribution in [0.3, 0.4) is 0 Å². The number of nitrogens with zero attached hydrogens (tertiary/aromatic N) is 4. The van der Waals surface area contributed by atoms with Crippen LogP contribution in [0.2, 0.25) is 0 Å². The van der Waals surface area contributed by atoms with Crippen molar-refractivity contribution in [2.45, 2.75) is 51.1 Å². The van der Waals surface area contributed by atoms with Crippen LogP contribution in [0.1, 0.15) is 27.0 Å². The van der Waals surface area contributed by atoms with Gasteiger partial charge in [-0.15, -0.1) is 0 Å². The normalized spacial score (nSPS) is 30.5. The maximum atomic E-state index is 6.20. The van der Waals surface area contributed by atoms with Gasteiger partial charge in [0.15, 0.2) is 23.5 Å². The molecule has 0 aromatic carbocycles. The summed E-state index contributed by atoms with van der Waals surface area (Å²) in [7, 11) is 0. The lowest BCUT2D eigenvalue weighted by molar-refractivity contribution is -0.189. The lowest BCUT2D eigenvalue weighted by Crippen LogP contribution is -2.41. The Morgan fingerprint density at radius 2 is 2.08 bits per heavy atom. The number of rotatable bonds is 3. The Balaban J connectivity index is 1.73. The van der Waals surface area contributed by atoms with Gasteiger partial charge >= 0.3 is 0 Å². The molecule has 4 rings (SSSR count). The van der Waals surface area contributed by atoms with Crippen LogP contribution < -0.4 is 11.1 Å². The summed E-state index contributed by atoms with van der Waals surface area (Å²) in [5, 5.41) is 3.14. The molecule has 2 aliphatic heterocycles.